The largest absolute Gasteiger partial charge is 0.476 e. The van der Waals surface area contributed by atoms with Gasteiger partial charge in [0.1, 0.15) is 5.52 Å². The smallest absolute Gasteiger partial charge is 0.359 e. The molecule has 0 fully saturated rings. The minimum Gasteiger partial charge on any atom is -0.476 e. The van der Waals surface area contributed by atoms with Crippen molar-refractivity contribution < 1.29 is 14.9 Å². The van der Waals surface area contributed by atoms with Crippen LogP contribution in [0.15, 0.2) is 24.3 Å². The second-order valence-electron chi connectivity index (χ2n) is 3.55. The molecule has 1 heterocycles. The molecule has 1 aromatic heterocycles. The Morgan fingerprint density at radius 3 is 2.65 bits per heavy atom. The number of hydrogen-bond acceptors (Lipinski definition) is 3. The van der Waals surface area contributed by atoms with Crippen LogP contribution in [0.4, 0.5) is 0 Å². The van der Waals surface area contributed by atoms with Crippen molar-refractivity contribution in [3.8, 4) is 0 Å². The Hall–Kier alpha value is -2.37. The van der Waals surface area contributed by atoms with E-state index in [-0.39, 0.29) is 5.69 Å². The van der Waals surface area contributed by atoms with Crippen molar-refractivity contribution in [1.29, 1.82) is 0 Å². The van der Waals surface area contributed by atoms with E-state index in [9.17, 15) is 14.9 Å². The van der Waals surface area contributed by atoms with E-state index >= 15 is 0 Å². The van der Waals surface area contributed by atoms with Gasteiger partial charge >= 0.3 is 5.97 Å². The van der Waals surface area contributed by atoms with Gasteiger partial charge in [0.25, 0.3) is 0 Å². The summed E-state index contributed by atoms with van der Waals surface area (Å²) in [5, 5.41) is 20.0. The quantitative estimate of drug-likeness (QED) is 0.649. The molecule has 1 N–H and O–H groups in total. The third-order valence-electron chi connectivity index (χ3n) is 2.67. The molecule has 0 saturated heterocycles. The number of rotatable bonds is 3. The first-order valence-electron chi connectivity index (χ1n) is 5.08. The zero-order chi connectivity index (χ0) is 12.6. The first kappa shape index (κ1) is 11.1. The van der Waals surface area contributed by atoms with Gasteiger partial charge in [-0.15, -0.1) is 0 Å². The van der Waals surface area contributed by atoms with E-state index in [0.717, 1.165) is 0 Å². The van der Waals surface area contributed by atoms with Crippen molar-refractivity contribution in [3.63, 3.8) is 0 Å². The first-order valence-corrected chi connectivity index (χ1v) is 5.08. The molecule has 6 nitrogen and oxygen atoms in total. The number of nitro groups is 1. The highest BCUT2D eigenvalue weighted by molar-refractivity contribution is 5.97. The molecule has 2 aromatic rings. The van der Waals surface area contributed by atoms with Gasteiger partial charge in [0.15, 0.2) is 10.7 Å². The second-order valence-corrected chi connectivity index (χ2v) is 3.55. The van der Waals surface area contributed by atoms with Crippen LogP contribution in [0.25, 0.3) is 10.9 Å². The number of aromatic carboxylic acids is 1. The fraction of sp³-hybridized carbons (Fsp3) is 0.182. The Morgan fingerprint density at radius 2 is 2.12 bits per heavy atom. The number of hydrogen-bond donors (Lipinski definition) is 1. The summed E-state index contributed by atoms with van der Waals surface area (Å²) in [5.41, 5.74) is 0.537. The Labute approximate surface area is 96.2 Å². The lowest BCUT2D eigenvalue weighted by Crippen LogP contribution is -2.16. The molecule has 0 aliphatic heterocycles. The van der Waals surface area contributed by atoms with Crippen LogP contribution in [-0.4, -0.2) is 20.8 Å². The number of carbonyl (C=O) groups is 1. The molecule has 88 valence electrons. The van der Waals surface area contributed by atoms with Gasteiger partial charge in [0.05, 0.1) is 0 Å². The van der Waals surface area contributed by atoms with Gasteiger partial charge in [0.2, 0.25) is 0 Å². The molecule has 0 saturated carbocycles. The van der Waals surface area contributed by atoms with Crippen LogP contribution in [0.1, 0.15) is 23.0 Å². The zero-order valence-electron chi connectivity index (χ0n) is 9.08. The summed E-state index contributed by atoms with van der Waals surface area (Å²) >= 11 is 0. The number of benzene rings is 1. The lowest BCUT2D eigenvalue weighted by Gasteiger charge is -1.97. The Morgan fingerprint density at radius 1 is 1.47 bits per heavy atom. The first-order chi connectivity index (χ1) is 8.07. The van der Waals surface area contributed by atoms with Gasteiger partial charge < -0.3 is 5.11 Å². The maximum absolute atomic E-state index is 11.2. The van der Waals surface area contributed by atoms with Crippen LogP contribution in [0.2, 0.25) is 0 Å². The number of nitrogens with zero attached hydrogens (tertiary/aromatic N) is 2. The summed E-state index contributed by atoms with van der Waals surface area (Å²) in [7, 11) is 0. The molecule has 6 heteroatoms. The van der Waals surface area contributed by atoms with Gasteiger partial charge in [-0.3, -0.25) is 0 Å². The molecule has 0 amide bonds. The highest BCUT2D eigenvalue weighted by Crippen LogP contribution is 2.26. The molecule has 2 rings (SSSR count). The molecule has 0 spiro atoms. The maximum Gasteiger partial charge on any atom is 0.359 e. The SMILES string of the molecule is CCc1c(C(=O)O)n([N+](=O)[O-])c2ccccc12. The fourth-order valence-corrected chi connectivity index (χ4v) is 2.04. The molecular formula is C11H10N2O4. The van der Waals surface area contributed by atoms with E-state index in [1.165, 1.54) is 0 Å². The summed E-state index contributed by atoms with van der Waals surface area (Å²) in [6.45, 7) is 1.78. The van der Waals surface area contributed by atoms with Gasteiger partial charge in [-0.1, -0.05) is 29.8 Å². The van der Waals surface area contributed by atoms with Crippen molar-refractivity contribution in [2.24, 2.45) is 0 Å². The highest BCUT2D eigenvalue weighted by Gasteiger charge is 2.27. The molecule has 0 unspecified atom stereocenters. The van der Waals surface area contributed by atoms with Gasteiger partial charge in [-0.25, -0.2) is 14.9 Å². The van der Waals surface area contributed by atoms with Crippen molar-refractivity contribution in [1.82, 2.24) is 4.68 Å². The average molecular weight is 234 g/mol. The summed E-state index contributed by atoms with van der Waals surface area (Å²) in [4.78, 5) is 22.1. The Kier molecular flexibility index (Phi) is 2.55. The number of aromatic nitrogens is 1. The van der Waals surface area contributed by atoms with E-state index in [4.69, 9.17) is 5.11 Å². The average Bonchev–Trinajstić information content (AvgIpc) is 2.63. The van der Waals surface area contributed by atoms with Crippen LogP contribution in [0.5, 0.6) is 0 Å². The number of fused-ring (bicyclic) bond motifs is 1. The van der Waals surface area contributed by atoms with Crippen LogP contribution < -0.4 is 0 Å². The fourth-order valence-electron chi connectivity index (χ4n) is 2.04. The van der Waals surface area contributed by atoms with Crippen molar-refractivity contribution in [2.75, 3.05) is 0 Å². The molecular weight excluding hydrogens is 224 g/mol. The minimum atomic E-state index is -1.28. The molecule has 0 aliphatic rings. The van der Waals surface area contributed by atoms with Gasteiger partial charge in [0, 0.05) is 5.39 Å². The van der Waals surface area contributed by atoms with E-state index in [1.807, 2.05) is 0 Å². The molecule has 17 heavy (non-hydrogen) atoms. The predicted molar refractivity (Wildman–Crippen MR) is 60.7 cm³/mol. The number of para-hydroxylation sites is 1. The zero-order valence-corrected chi connectivity index (χ0v) is 9.08. The van der Waals surface area contributed by atoms with Crippen molar-refractivity contribution >= 4 is 16.9 Å². The van der Waals surface area contributed by atoms with Crippen LogP contribution in [0, 0.1) is 10.1 Å². The third-order valence-corrected chi connectivity index (χ3v) is 2.67. The summed E-state index contributed by atoms with van der Waals surface area (Å²) in [5.74, 6) is -1.28. The highest BCUT2D eigenvalue weighted by atomic mass is 16.7. The molecule has 1 aromatic carbocycles. The normalized spacial score (nSPS) is 10.6. The summed E-state index contributed by atoms with van der Waals surface area (Å²) in [6, 6.07) is 6.62. The molecule has 0 aliphatic carbocycles. The lowest BCUT2D eigenvalue weighted by atomic mass is 10.1. The van der Waals surface area contributed by atoms with E-state index in [0.29, 0.717) is 27.6 Å². The Bertz CT molecular complexity index is 615. The molecule has 0 bridgehead atoms. The van der Waals surface area contributed by atoms with Crippen LogP contribution >= 0.6 is 0 Å². The maximum atomic E-state index is 11.2. The van der Waals surface area contributed by atoms with Crippen LogP contribution in [-0.2, 0) is 6.42 Å². The third kappa shape index (κ3) is 1.54. The lowest BCUT2D eigenvalue weighted by molar-refractivity contribution is -0.538. The van der Waals surface area contributed by atoms with Crippen molar-refractivity contribution in [2.45, 2.75) is 13.3 Å². The van der Waals surface area contributed by atoms with Crippen molar-refractivity contribution in [3.05, 3.63) is 45.6 Å². The Balaban J connectivity index is 2.97. The van der Waals surface area contributed by atoms with Gasteiger partial charge in [-0.2, -0.15) is 0 Å². The topological polar surface area (TPSA) is 85.4 Å². The minimum absolute atomic E-state index is 0.265. The monoisotopic (exact) mass is 234 g/mol. The second kappa shape index (κ2) is 3.89. The van der Waals surface area contributed by atoms with E-state index in [1.54, 1.807) is 31.2 Å². The predicted octanol–water partition coefficient (Wildman–Crippen LogP) is 1.94. The summed E-state index contributed by atoms with van der Waals surface area (Å²) in [6.07, 6.45) is 0.434. The number of carboxylic acids is 1. The van der Waals surface area contributed by atoms with Crippen LogP contribution in [0.3, 0.4) is 0 Å². The standard InChI is InChI=1S/C11H10N2O4/c1-2-7-8-5-3-4-6-9(8)12(13(16)17)10(7)11(14)15/h3-6H,2H2,1H3,(H,14,15). The van der Waals surface area contributed by atoms with E-state index < -0.39 is 11.0 Å². The molecule has 0 atom stereocenters. The summed E-state index contributed by atoms with van der Waals surface area (Å²) < 4.78 is 0.635. The number of carboxylic acid groups (broad SMARTS) is 1. The van der Waals surface area contributed by atoms with Gasteiger partial charge in [-0.05, 0) is 18.1 Å². The number of aryl methyl sites for hydroxylation is 1. The van der Waals surface area contributed by atoms with E-state index in [2.05, 4.69) is 0 Å². The molecule has 0 radical (unpaired) electrons.